The van der Waals surface area contributed by atoms with E-state index in [0.29, 0.717) is 50.4 Å². The Bertz CT molecular complexity index is 2870. The van der Waals surface area contributed by atoms with E-state index in [-0.39, 0.29) is 76.4 Å². The third-order valence-electron chi connectivity index (χ3n) is 17.9. The molecule has 0 aliphatic rings. The zero-order valence-corrected chi connectivity index (χ0v) is 75.6. The number of carboxylic acids is 12. The molecule has 0 saturated carbocycles. The molecular formula is C92H160O24. The summed E-state index contributed by atoms with van der Waals surface area (Å²) in [4.78, 5) is 124. The molecule has 0 heterocycles. The van der Waals surface area contributed by atoms with Crippen LogP contribution in [0.5, 0.6) is 0 Å². The minimum atomic E-state index is -0.741. The fraction of sp³-hybridized carbons (Fsp3) is 0.674. The number of carboxylic acid groups (broad SMARTS) is 12. The number of aliphatic carboxylic acids is 12. The van der Waals surface area contributed by atoms with E-state index in [1.165, 1.54) is 0 Å². The molecule has 24 heteroatoms. The second-order valence-electron chi connectivity index (χ2n) is 31.4. The number of carbonyl (C=O) groups is 12. The number of unbranched alkanes of at least 4 members (excludes halogenated alkanes) is 1. The number of rotatable bonds is 39. The lowest BCUT2D eigenvalue weighted by atomic mass is 9.86. The van der Waals surface area contributed by atoms with Gasteiger partial charge >= 0.3 is 71.6 Å². The third-order valence-corrected chi connectivity index (χ3v) is 17.9. The van der Waals surface area contributed by atoms with Crippen LogP contribution in [0.2, 0.25) is 0 Å². The molecule has 116 heavy (non-hydrogen) atoms. The van der Waals surface area contributed by atoms with Gasteiger partial charge in [0.25, 0.3) is 0 Å². The van der Waals surface area contributed by atoms with Gasteiger partial charge in [-0.25, -0.2) is 0 Å². The molecule has 0 aliphatic carbocycles. The van der Waals surface area contributed by atoms with Gasteiger partial charge in [-0.15, -0.1) is 0 Å². The highest BCUT2D eigenvalue weighted by atomic mass is 16.4. The molecule has 0 bridgehead atoms. The predicted octanol–water partition coefficient (Wildman–Crippen LogP) is 22.1. The van der Waals surface area contributed by atoms with Gasteiger partial charge in [0.1, 0.15) is 0 Å². The van der Waals surface area contributed by atoms with Gasteiger partial charge in [-0.3, -0.25) is 57.5 Å². The molecule has 3 aromatic carbocycles. The molecule has 24 nitrogen and oxygen atoms in total. The fourth-order valence-corrected chi connectivity index (χ4v) is 9.63. The quantitative estimate of drug-likeness (QED) is 0.0252. The highest BCUT2D eigenvalue weighted by Gasteiger charge is 2.22. The van der Waals surface area contributed by atoms with Gasteiger partial charge in [-0.05, 0) is 155 Å². The predicted molar refractivity (Wildman–Crippen MR) is 463 cm³/mol. The van der Waals surface area contributed by atoms with E-state index in [2.05, 4.69) is 27.7 Å². The average molecular weight is 1650 g/mol. The summed E-state index contributed by atoms with van der Waals surface area (Å²) in [6.07, 6.45) is 16.8. The molecule has 10 atom stereocenters. The smallest absolute Gasteiger partial charge is 0.306 e. The van der Waals surface area contributed by atoms with Crippen LogP contribution in [0.15, 0.2) is 91.0 Å². The van der Waals surface area contributed by atoms with E-state index < -0.39 is 71.6 Å². The van der Waals surface area contributed by atoms with Crippen LogP contribution in [0, 0.1) is 88.3 Å². The van der Waals surface area contributed by atoms with Crippen molar-refractivity contribution in [1.82, 2.24) is 0 Å². The molecule has 0 aliphatic heterocycles. The summed E-state index contributed by atoms with van der Waals surface area (Å²) in [6, 6.07) is 29.1. The SMILES string of the molecule is CC(C)C(=O)O.CCCC(=O)O.CCCC[C@H](CC)C(=O)O.CCC[C@H](C)C(=O)O.CC[C@@H](C)C(=O)O.CC[C@@H](CC(C)C)C(=O)O.CC[C@@H](CCC(C)(C)C)C(=O)O.CC[C@@H](Cc1ccccc1)C(=O)O.CC[C@@H](Cc1ccccc1)C(=O)O.CC[C@H](C(=O)O)C(C)C.CC[C@H](CC(C)C)C(=O)O.C[C@H](Cc1ccccc1)C(=O)O. The Hall–Kier alpha value is -8.70. The molecule has 0 spiro atoms. The Morgan fingerprint density at radius 1 is 0.293 bits per heavy atom. The molecule has 3 rings (SSSR count). The van der Waals surface area contributed by atoms with Gasteiger partial charge in [-0.2, -0.15) is 0 Å². The molecule has 3 aromatic rings. The molecule has 672 valence electrons. The zero-order valence-electron chi connectivity index (χ0n) is 75.6. The Labute approximate surface area is 697 Å². The monoisotopic (exact) mass is 1650 g/mol. The Balaban J connectivity index is -0.000000155. The molecule has 0 radical (unpaired) electrons. The van der Waals surface area contributed by atoms with E-state index in [4.69, 9.17) is 61.3 Å². The first-order valence-corrected chi connectivity index (χ1v) is 41.6. The van der Waals surface area contributed by atoms with Gasteiger partial charge in [0.05, 0.1) is 65.1 Å². The van der Waals surface area contributed by atoms with E-state index in [9.17, 15) is 57.5 Å². The minimum absolute atomic E-state index is 0.111. The number of hydrogen-bond donors (Lipinski definition) is 12. The van der Waals surface area contributed by atoms with Crippen molar-refractivity contribution in [3.63, 3.8) is 0 Å². The normalized spacial score (nSPS) is 12.7. The van der Waals surface area contributed by atoms with Crippen LogP contribution in [-0.4, -0.2) is 133 Å². The topological polar surface area (TPSA) is 448 Å². The van der Waals surface area contributed by atoms with E-state index in [1.807, 2.05) is 202 Å². The lowest BCUT2D eigenvalue weighted by Gasteiger charge is -2.20. The van der Waals surface area contributed by atoms with Gasteiger partial charge in [0.2, 0.25) is 0 Å². The summed E-state index contributed by atoms with van der Waals surface area (Å²) in [5, 5.41) is 102. The lowest BCUT2D eigenvalue weighted by molar-refractivity contribution is -0.144. The van der Waals surface area contributed by atoms with Crippen LogP contribution in [0.4, 0.5) is 0 Å². The van der Waals surface area contributed by atoms with Crippen molar-refractivity contribution in [1.29, 1.82) is 0 Å². The van der Waals surface area contributed by atoms with Crippen molar-refractivity contribution in [3.05, 3.63) is 108 Å². The van der Waals surface area contributed by atoms with Crippen molar-refractivity contribution in [3.8, 4) is 0 Å². The molecule has 0 unspecified atom stereocenters. The van der Waals surface area contributed by atoms with Crippen molar-refractivity contribution in [2.24, 2.45) is 88.3 Å². The first kappa shape index (κ1) is 125. The van der Waals surface area contributed by atoms with Gasteiger partial charge in [0, 0.05) is 6.42 Å². The average Bonchev–Trinajstić information content (AvgIpc) is 0.922. The largest absolute Gasteiger partial charge is 0.481 e. The maximum Gasteiger partial charge on any atom is 0.306 e. The number of benzene rings is 3. The maximum absolute atomic E-state index is 10.7. The fourth-order valence-electron chi connectivity index (χ4n) is 9.63. The van der Waals surface area contributed by atoms with Crippen molar-refractivity contribution < 1.29 is 119 Å². The number of hydrogen-bond acceptors (Lipinski definition) is 12. The van der Waals surface area contributed by atoms with Crippen molar-refractivity contribution in [2.45, 2.75) is 314 Å². The van der Waals surface area contributed by atoms with Crippen LogP contribution in [-0.2, 0) is 76.8 Å². The van der Waals surface area contributed by atoms with E-state index >= 15 is 0 Å². The van der Waals surface area contributed by atoms with Crippen LogP contribution in [0.1, 0.15) is 312 Å². The maximum atomic E-state index is 10.7. The second-order valence-corrected chi connectivity index (χ2v) is 31.4. The van der Waals surface area contributed by atoms with Gasteiger partial charge < -0.3 is 61.3 Å². The zero-order chi connectivity index (χ0) is 92.4. The summed E-state index contributed by atoms with van der Waals surface area (Å²) >= 11 is 0. The first-order valence-electron chi connectivity index (χ1n) is 41.6. The molecule has 0 amide bonds. The summed E-state index contributed by atoms with van der Waals surface area (Å²) < 4.78 is 0. The van der Waals surface area contributed by atoms with Crippen LogP contribution >= 0.6 is 0 Å². The Morgan fingerprint density at radius 2 is 0.586 bits per heavy atom. The highest BCUT2D eigenvalue weighted by Crippen LogP contribution is 2.25. The molecule has 12 N–H and O–H groups in total. The van der Waals surface area contributed by atoms with Crippen LogP contribution in [0.3, 0.4) is 0 Å². The van der Waals surface area contributed by atoms with E-state index in [1.54, 1.807) is 34.6 Å². The first-order chi connectivity index (χ1) is 53.8. The summed E-state index contributed by atoms with van der Waals surface area (Å²) in [7, 11) is 0. The molecule has 0 fully saturated rings. The van der Waals surface area contributed by atoms with Crippen molar-refractivity contribution >= 4 is 71.6 Å². The van der Waals surface area contributed by atoms with Crippen LogP contribution in [0.25, 0.3) is 0 Å². The van der Waals surface area contributed by atoms with Gasteiger partial charge in [0.15, 0.2) is 0 Å². The van der Waals surface area contributed by atoms with Crippen molar-refractivity contribution in [2.75, 3.05) is 0 Å². The standard InChI is InChI=1S/2C11H14O2.C10H12O2.C10H20O2.3C8H16O2.C7H14O2.C6H12O2.C5H10O2.2C4H8O2/c2*1-2-10(11(12)13)8-9-6-4-3-5-7-9;1-8(10(11)12)7-9-5-3-2-4-6-9;1-5-8(9(11)12)6-7-10(2,3)4;2*1-4-7(8(9)10)5-6(2)3;1-3-5-6-7(4-2)8(9)10;1-4-6(5(2)3)7(8)9;1-3-4-5(2)6(7)8;1-3-4(2)5(6)7;1-3(2)4(5)6;1-2-3-4(5)6/h2*3-7,10H,2,8H2,1H3,(H,12,13);2-6,8H,7H2,1H3,(H,11,12);8H,5-7H2,1-4H3,(H,11,12);2*6-7H,4-5H2,1-3H3,(H,9,10);7H,3-6H2,1-2H3,(H,9,10);5-6H,4H2,1-3H3,(H,8,9);5H,3-4H2,1-2H3,(H,7,8);4H,3H2,1-2H3,(H,6,7);3H,1-2H3,(H,5,6);2-3H2,1H3,(H,5,6)/t2*10-;2*8-;3*7-;6-;5-;4-;;/m0010100001../s1. The molecule has 0 aromatic heterocycles. The minimum Gasteiger partial charge on any atom is -0.481 e. The molecule has 0 saturated heterocycles. The van der Waals surface area contributed by atoms with Gasteiger partial charge in [-0.1, -0.05) is 283 Å². The highest BCUT2D eigenvalue weighted by molar-refractivity contribution is 5.73. The lowest BCUT2D eigenvalue weighted by Crippen LogP contribution is -2.18. The Kier molecular flexibility index (Phi) is 86.7. The van der Waals surface area contributed by atoms with E-state index in [0.717, 1.165) is 119 Å². The summed E-state index contributed by atoms with van der Waals surface area (Å²) in [6.45, 7) is 48.1. The second kappa shape index (κ2) is 80.1. The van der Waals surface area contributed by atoms with Crippen LogP contribution < -0.4 is 0 Å². The third kappa shape index (κ3) is 86.2. The summed E-state index contributed by atoms with van der Waals surface area (Å²) in [5.41, 5.74) is 3.52. The Morgan fingerprint density at radius 3 is 0.733 bits per heavy atom. The summed E-state index contributed by atoms with van der Waals surface area (Å²) in [5.74, 6) is -9.11. The molecular weight excluding hydrogens is 1490 g/mol.